The second-order valence-corrected chi connectivity index (χ2v) is 9.20. The summed E-state index contributed by atoms with van der Waals surface area (Å²) in [5.74, 6) is -2.22. The molecule has 0 radical (unpaired) electrons. The number of benzene rings is 1. The van der Waals surface area contributed by atoms with Crippen LogP contribution in [0.1, 0.15) is 40.3 Å². The number of nitrogens with zero attached hydrogens (tertiary/aromatic N) is 3. The Kier molecular flexibility index (Phi) is 6.68. The van der Waals surface area contributed by atoms with Crippen molar-refractivity contribution in [3.63, 3.8) is 0 Å². The van der Waals surface area contributed by atoms with Gasteiger partial charge in [0, 0.05) is 38.9 Å². The first-order valence-corrected chi connectivity index (χ1v) is 10.4. The number of nitrogens with one attached hydrogen (secondary N) is 1. The number of aromatic hydroxyl groups is 1. The molecule has 0 saturated carbocycles. The highest BCUT2D eigenvalue weighted by atomic mass is 19.1. The van der Waals surface area contributed by atoms with Crippen LogP contribution in [0.2, 0.25) is 0 Å². The molecule has 1 aliphatic heterocycles. The third-order valence-corrected chi connectivity index (χ3v) is 5.33. The molecular formula is C23H29FN4O4. The molecule has 0 bridgehead atoms. The maximum absolute atomic E-state index is 13.0. The van der Waals surface area contributed by atoms with Crippen molar-refractivity contribution in [2.45, 2.75) is 26.9 Å². The molecule has 172 valence electrons. The number of pyridine rings is 1. The molecule has 32 heavy (non-hydrogen) atoms. The van der Waals surface area contributed by atoms with Crippen LogP contribution in [0.5, 0.6) is 5.75 Å². The zero-order valence-corrected chi connectivity index (χ0v) is 18.8. The first-order valence-electron chi connectivity index (χ1n) is 10.4. The summed E-state index contributed by atoms with van der Waals surface area (Å²) in [6.07, 6.45) is 1.32. The monoisotopic (exact) mass is 444 g/mol. The fraction of sp³-hybridized carbons (Fsp3) is 0.435. The molecule has 0 saturated heterocycles. The average molecular weight is 445 g/mol. The molecule has 0 unspecified atom stereocenters. The van der Waals surface area contributed by atoms with Crippen molar-refractivity contribution in [3.05, 3.63) is 63.3 Å². The van der Waals surface area contributed by atoms with Gasteiger partial charge in [0.15, 0.2) is 11.4 Å². The number of aromatic nitrogens is 1. The van der Waals surface area contributed by atoms with Gasteiger partial charge in [-0.15, -0.1) is 0 Å². The molecule has 0 atom stereocenters. The van der Waals surface area contributed by atoms with E-state index in [9.17, 15) is 23.9 Å². The summed E-state index contributed by atoms with van der Waals surface area (Å²) >= 11 is 0. The van der Waals surface area contributed by atoms with Crippen molar-refractivity contribution in [1.29, 1.82) is 0 Å². The van der Waals surface area contributed by atoms with Crippen LogP contribution in [-0.2, 0) is 13.1 Å². The molecule has 1 aromatic carbocycles. The van der Waals surface area contributed by atoms with Crippen molar-refractivity contribution in [2.24, 2.45) is 5.41 Å². The van der Waals surface area contributed by atoms with E-state index in [2.05, 4.69) is 19.2 Å². The summed E-state index contributed by atoms with van der Waals surface area (Å²) in [5.41, 5.74) is -0.763. The standard InChI is InChI=1S/C23H29FN4O4/c1-23(2,13-26(3)4)14-28-10-9-27-12-17(19(29)20(30)18(27)22(28)32)21(31)25-11-15-5-7-16(24)8-6-15/h5-8,12,30H,9-11,13-14H2,1-4H3,(H,25,31). The average Bonchev–Trinajstić information content (AvgIpc) is 2.70. The summed E-state index contributed by atoms with van der Waals surface area (Å²) in [7, 11) is 3.92. The number of carbonyl (C=O) groups is 2. The first kappa shape index (κ1) is 23.5. The lowest BCUT2D eigenvalue weighted by Gasteiger charge is -2.37. The van der Waals surface area contributed by atoms with Gasteiger partial charge in [-0.05, 0) is 37.2 Å². The summed E-state index contributed by atoms with van der Waals surface area (Å²) in [6.45, 7) is 6.19. The van der Waals surface area contributed by atoms with Gasteiger partial charge in [-0.1, -0.05) is 26.0 Å². The maximum Gasteiger partial charge on any atom is 0.274 e. The summed E-state index contributed by atoms with van der Waals surface area (Å²) in [6, 6.07) is 5.60. The zero-order chi connectivity index (χ0) is 23.6. The van der Waals surface area contributed by atoms with Crippen LogP contribution >= 0.6 is 0 Å². The Labute approximate surface area is 186 Å². The van der Waals surface area contributed by atoms with E-state index in [1.54, 1.807) is 4.90 Å². The Bertz CT molecular complexity index is 1080. The van der Waals surface area contributed by atoms with Crippen molar-refractivity contribution in [2.75, 3.05) is 33.7 Å². The number of carbonyl (C=O) groups excluding carboxylic acids is 2. The van der Waals surface area contributed by atoms with E-state index in [1.165, 1.54) is 35.0 Å². The molecule has 1 aromatic heterocycles. The van der Waals surface area contributed by atoms with Gasteiger partial charge in [-0.3, -0.25) is 14.4 Å². The second-order valence-electron chi connectivity index (χ2n) is 9.20. The predicted octanol–water partition coefficient (Wildman–Crippen LogP) is 1.67. The lowest BCUT2D eigenvalue weighted by atomic mass is 9.91. The van der Waals surface area contributed by atoms with Crippen LogP contribution in [-0.4, -0.2) is 65.0 Å². The van der Waals surface area contributed by atoms with Gasteiger partial charge in [0.2, 0.25) is 5.43 Å². The Morgan fingerprint density at radius 2 is 1.84 bits per heavy atom. The first-order chi connectivity index (χ1) is 15.0. The molecule has 2 aromatic rings. The van der Waals surface area contributed by atoms with Crippen LogP contribution in [0.3, 0.4) is 0 Å². The van der Waals surface area contributed by atoms with E-state index in [0.717, 1.165) is 6.54 Å². The van der Waals surface area contributed by atoms with Gasteiger partial charge >= 0.3 is 0 Å². The van der Waals surface area contributed by atoms with E-state index >= 15 is 0 Å². The van der Waals surface area contributed by atoms with Crippen LogP contribution in [0.25, 0.3) is 0 Å². The minimum absolute atomic E-state index is 0.0920. The number of amides is 2. The summed E-state index contributed by atoms with van der Waals surface area (Å²) in [4.78, 5) is 41.9. The number of halogens is 1. The normalized spacial score (nSPS) is 13.9. The van der Waals surface area contributed by atoms with E-state index in [4.69, 9.17) is 0 Å². The third-order valence-electron chi connectivity index (χ3n) is 5.33. The molecule has 2 heterocycles. The zero-order valence-electron chi connectivity index (χ0n) is 18.8. The number of hydrogen-bond acceptors (Lipinski definition) is 5. The number of hydrogen-bond donors (Lipinski definition) is 2. The lowest BCUT2D eigenvalue weighted by molar-refractivity contribution is 0.0591. The molecule has 1 aliphatic rings. The molecule has 0 aliphatic carbocycles. The number of rotatable bonds is 7. The minimum Gasteiger partial charge on any atom is -0.503 e. The maximum atomic E-state index is 13.0. The van der Waals surface area contributed by atoms with Gasteiger partial charge < -0.3 is 24.8 Å². The predicted molar refractivity (Wildman–Crippen MR) is 118 cm³/mol. The lowest BCUT2D eigenvalue weighted by Crippen LogP contribution is -2.48. The van der Waals surface area contributed by atoms with Crippen molar-refractivity contribution >= 4 is 11.8 Å². The van der Waals surface area contributed by atoms with E-state index in [0.29, 0.717) is 25.2 Å². The molecule has 3 rings (SSSR count). The van der Waals surface area contributed by atoms with Crippen molar-refractivity contribution < 1.29 is 19.1 Å². The summed E-state index contributed by atoms with van der Waals surface area (Å²) in [5, 5.41) is 13.1. The molecule has 2 N–H and O–H groups in total. The highest BCUT2D eigenvalue weighted by Crippen LogP contribution is 2.25. The van der Waals surface area contributed by atoms with Crippen LogP contribution in [0.15, 0.2) is 35.3 Å². The van der Waals surface area contributed by atoms with E-state index < -0.39 is 23.0 Å². The van der Waals surface area contributed by atoms with Crippen LogP contribution in [0.4, 0.5) is 4.39 Å². The van der Waals surface area contributed by atoms with Gasteiger partial charge in [-0.25, -0.2) is 4.39 Å². The van der Waals surface area contributed by atoms with Crippen molar-refractivity contribution in [1.82, 2.24) is 19.7 Å². The van der Waals surface area contributed by atoms with Crippen molar-refractivity contribution in [3.8, 4) is 5.75 Å². The topological polar surface area (TPSA) is 94.9 Å². The molecule has 0 spiro atoms. The Morgan fingerprint density at radius 1 is 1.19 bits per heavy atom. The molecule has 9 heteroatoms. The largest absolute Gasteiger partial charge is 0.503 e. The Hall–Kier alpha value is -3.20. The SMILES string of the molecule is CN(C)CC(C)(C)CN1CCn2cc(C(=O)NCc3ccc(F)cc3)c(=O)c(O)c2C1=O. The highest BCUT2D eigenvalue weighted by molar-refractivity contribution is 5.99. The fourth-order valence-electron chi connectivity index (χ4n) is 4.15. The Balaban J connectivity index is 1.80. The fourth-order valence-corrected chi connectivity index (χ4v) is 4.15. The number of fused-ring (bicyclic) bond motifs is 1. The van der Waals surface area contributed by atoms with E-state index in [-0.39, 0.29) is 29.0 Å². The molecular weight excluding hydrogens is 415 g/mol. The van der Waals surface area contributed by atoms with Gasteiger partial charge in [0.05, 0.1) is 0 Å². The highest BCUT2D eigenvalue weighted by Gasteiger charge is 2.33. The molecule has 2 amide bonds. The minimum atomic E-state index is -0.893. The molecule has 0 fully saturated rings. The van der Waals surface area contributed by atoms with E-state index in [1.807, 2.05) is 19.0 Å². The smallest absolute Gasteiger partial charge is 0.274 e. The summed E-state index contributed by atoms with van der Waals surface area (Å²) < 4.78 is 14.5. The van der Waals surface area contributed by atoms with Gasteiger partial charge in [0.1, 0.15) is 11.4 Å². The van der Waals surface area contributed by atoms with Gasteiger partial charge in [-0.2, -0.15) is 0 Å². The van der Waals surface area contributed by atoms with Crippen LogP contribution < -0.4 is 10.7 Å². The second kappa shape index (κ2) is 9.12. The third kappa shape index (κ3) is 5.16. The quantitative estimate of drug-likeness (QED) is 0.678. The molecule has 8 nitrogen and oxygen atoms in total. The Morgan fingerprint density at radius 3 is 2.47 bits per heavy atom. The van der Waals surface area contributed by atoms with Crippen LogP contribution in [0, 0.1) is 11.2 Å². The van der Waals surface area contributed by atoms with Gasteiger partial charge in [0.25, 0.3) is 11.8 Å².